The van der Waals surface area contributed by atoms with Gasteiger partial charge in [0.25, 0.3) is 0 Å². The Balaban J connectivity index is 2.10. The number of hydrogen-bond acceptors (Lipinski definition) is 2. The van der Waals surface area contributed by atoms with Gasteiger partial charge in [0.2, 0.25) is 0 Å². The average Bonchev–Trinajstić information content (AvgIpc) is 2.80. The summed E-state index contributed by atoms with van der Waals surface area (Å²) in [7, 11) is 0. The number of phenolic OH excluding ortho intramolecular Hbond substituents is 1. The highest BCUT2D eigenvalue weighted by molar-refractivity contribution is 5.56. The van der Waals surface area contributed by atoms with Gasteiger partial charge in [-0.05, 0) is 55.7 Å². The molecule has 0 saturated carbocycles. The summed E-state index contributed by atoms with van der Waals surface area (Å²) in [5.74, 6) is 0.359. The number of aromatic hydroxyl groups is 1. The van der Waals surface area contributed by atoms with E-state index in [9.17, 15) is 5.11 Å². The van der Waals surface area contributed by atoms with Crippen LogP contribution in [0.25, 0.3) is 0 Å². The third-order valence-electron chi connectivity index (χ3n) is 3.39. The number of anilines is 1. The average molecular weight is 258 g/mol. The van der Waals surface area contributed by atoms with Crippen molar-refractivity contribution in [1.29, 1.82) is 0 Å². The fraction of sp³-hybridized carbons (Fsp3) is 0.375. The quantitative estimate of drug-likeness (QED) is 0.800. The zero-order valence-corrected chi connectivity index (χ0v) is 11.9. The van der Waals surface area contributed by atoms with E-state index in [0.717, 1.165) is 36.3 Å². The van der Waals surface area contributed by atoms with Gasteiger partial charge in [-0.15, -0.1) is 0 Å². The van der Waals surface area contributed by atoms with E-state index in [0.29, 0.717) is 5.75 Å². The van der Waals surface area contributed by atoms with Crippen molar-refractivity contribution in [3.63, 3.8) is 0 Å². The molecule has 19 heavy (non-hydrogen) atoms. The highest BCUT2D eigenvalue weighted by atomic mass is 16.3. The Labute approximate surface area is 114 Å². The second kappa shape index (κ2) is 5.83. The van der Waals surface area contributed by atoms with E-state index >= 15 is 0 Å². The van der Waals surface area contributed by atoms with Crippen LogP contribution in [-0.4, -0.2) is 9.67 Å². The highest BCUT2D eigenvalue weighted by Crippen LogP contribution is 2.25. The van der Waals surface area contributed by atoms with Crippen LogP contribution < -0.4 is 5.32 Å². The Kier molecular flexibility index (Phi) is 4.15. The van der Waals surface area contributed by atoms with Gasteiger partial charge in [-0.1, -0.05) is 6.92 Å². The molecule has 0 spiro atoms. The predicted octanol–water partition coefficient (Wildman–Crippen LogP) is 3.83. The van der Waals surface area contributed by atoms with Gasteiger partial charge < -0.3 is 15.0 Å². The van der Waals surface area contributed by atoms with Crippen LogP contribution in [0.3, 0.4) is 0 Å². The van der Waals surface area contributed by atoms with Gasteiger partial charge in [-0.3, -0.25) is 0 Å². The van der Waals surface area contributed by atoms with E-state index in [-0.39, 0.29) is 0 Å². The number of rotatable bonds is 5. The van der Waals surface area contributed by atoms with Crippen LogP contribution in [0.15, 0.2) is 30.5 Å². The van der Waals surface area contributed by atoms with E-state index in [2.05, 4.69) is 35.1 Å². The lowest BCUT2D eigenvalue weighted by molar-refractivity contribution is 0.471. The largest absolute Gasteiger partial charge is 0.508 e. The topological polar surface area (TPSA) is 37.2 Å². The van der Waals surface area contributed by atoms with Crippen molar-refractivity contribution < 1.29 is 5.11 Å². The maximum Gasteiger partial charge on any atom is 0.118 e. The molecule has 0 unspecified atom stereocenters. The van der Waals surface area contributed by atoms with Crippen LogP contribution in [0, 0.1) is 13.8 Å². The van der Waals surface area contributed by atoms with Crippen LogP contribution >= 0.6 is 0 Å². The first-order chi connectivity index (χ1) is 9.11. The van der Waals surface area contributed by atoms with E-state index in [1.54, 1.807) is 0 Å². The smallest absolute Gasteiger partial charge is 0.118 e. The number of aromatic nitrogens is 1. The molecule has 0 fully saturated rings. The molecule has 2 rings (SSSR count). The molecule has 1 heterocycles. The molecule has 3 nitrogen and oxygen atoms in total. The first-order valence-corrected chi connectivity index (χ1v) is 6.80. The lowest BCUT2D eigenvalue weighted by Gasteiger charge is -2.13. The van der Waals surface area contributed by atoms with Crippen molar-refractivity contribution in [2.24, 2.45) is 0 Å². The molecular formula is C16H22N2O. The summed E-state index contributed by atoms with van der Waals surface area (Å²) in [6.45, 7) is 7.96. The summed E-state index contributed by atoms with van der Waals surface area (Å²) in [5, 5.41) is 13.1. The molecule has 0 radical (unpaired) electrons. The van der Waals surface area contributed by atoms with E-state index in [4.69, 9.17) is 0 Å². The first kappa shape index (κ1) is 13.5. The lowest BCUT2D eigenvalue weighted by Crippen LogP contribution is -2.07. The van der Waals surface area contributed by atoms with Crippen LogP contribution in [0.4, 0.5) is 5.69 Å². The minimum atomic E-state index is 0.359. The third kappa shape index (κ3) is 3.11. The molecule has 0 aliphatic rings. The Morgan fingerprint density at radius 3 is 2.74 bits per heavy atom. The molecule has 1 aromatic heterocycles. The standard InChI is InChI=1S/C16H22N2O/c1-4-7-18-8-5-6-14(18)11-17-15-9-13(3)16(19)10-12(15)2/h5-6,8-10,17,19H,4,7,11H2,1-3H3. The number of nitrogens with one attached hydrogen (secondary N) is 1. The molecule has 0 atom stereocenters. The summed E-state index contributed by atoms with van der Waals surface area (Å²) in [6.07, 6.45) is 3.26. The van der Waals surface area contributed by atoms with Gasteiger partial charge in [0, 0.05) is 24.1 Å². The Hall–Kier alpha value is -1.90. The SMILES string of the molecule is CCCn1cccc1CNc1cc(C)c(O)cc1C. The van der Waals surface area contributed by atoms with Crippen LogP contribution in [-0.2, 0) is 13.1 Å². The molecule has 3 heteroatoms. The molecule has 2 N–H and O–H groups in total. The number of aryl methyl sites for hydroxylation is 3. The van der Waals surface area contributed by atoms with Gasteiger partial charge in [0.15, 0.2) is 0 Å². The molecule has 0 saturated heterocycles. The summed E-state index contributed by atoms with van der Waals surface area (Å²) < 4.78 is 2.27. The maximum absolute atomic E-state index is 9.66. The van der Waals surface area contributed by atoms with Crippen LogP contribution in [0.1, 0.15) is 30.2 Å². The van der Waals surface area contributed by atoms with Crippen molar-refractivity contribution in [3.8, 4) is 5.75 Å². The fourth-order valence-corrected chi connectivity index (χ4v) is 2.25. The van der Waals surface area contributed by atoms with Crippen molar-refractivity contribution in [1.82, 2.24) is 4.57 Å². The first-order valence-electron chi connectivity index (χ1n) is 6.80. The monoisotopic (exact) mass is 258 g/mol. The van der Waals surface area contributed by atoms with Gasteiger partial charge >= 0.3 is 0 Å². The number of phenols is 1. The Morgan fingerprint density at radius 1 is 1.21 bits per heavy atom. The summed E-state index contributed by atoms with van der Waals surface area (Å²) in [6, 6.07) is 8.04. The Bertz CT molecular complexity index is 558. The van der Waals surface area contributed by atoms with E-state index in [1.165, 1.54) is 5.69 Å². The second-order valence-corrected chi connectivity index (χ2v) is 5.00. The normalized spacial score (nSPS) is 10.7. The van der Waals surface area contributed by atoms with Crippen molar-refractivity contribution >= 4 is 5.69 Å². The summed E-state index contributed by atoms with van der Waals surface area (Å²) >= 11 is 0. The summed E-state index contributed by atoms with van der Waals surface area (Å²) in [4.78, 5) is 0. The minimum Gasteiger partial charge on any atom is -0.508 e. The summed E-state index contributed by atoms with van der Waals surface area (Å²) in [5.41, 5.74) is 4.33. The zero-order chi connectivity index (χ0) is 13.8. The molecule has 1 aromatic carbocycles. The molecule has 0 amide bonds. The molecule has 2 aromatic rings. The number of hydrogen-bond donors (Lipinski definition) is 2. The van der Waals surface area contributed by atoms with Gasteiger partial charge in [-0.25, -0.2) is 0 Å². The van der Waals surface area contributed by atoms with Crippen LogP contribution in [0.5, 0.6) is 5.75 Å². The number of benzene rings is 1. The van der Waals surface area contributed by atoms with Gasteiger partial charge in [-0.2, -0.15) is 0 Å². The van der Waals surface area contributed by atoms with Gasteiger partial charge in [0.1, 0.15) is 5.75 Å². The van der Waals surface area contributed by atoms with Gasteiger partial charge in [0.05, 0.1) is 6.54 Å². The van der Waals surface area contributed by atoms with E-state index < -0.39 is 0 Å². The molecule has 0 aliphatic carbocycles. The minimum absolute atomic E-state index is 0.359. The Morgan fingerprint density at radius 2 is 2.00 bits per heavy atom. The zero-order valence-electron chi connectivity index (χ0n) is 11.9. The van der Waals surface area contributed by atoms with E-state index in [1.807, 2.05) is 26.0 Å². The molecule has 0 bridgehead atoms. The van der Waals surface area contributed by atoms with Crippen LogP contribution in [0.2, 0.25) is 0 Å². The highest BCUT2D eigenvalue weighted by Gasteiger charge is 2.05. The lowest BCUT2D eigenvalue weighted by atomic mass is 10.1. The predicted molar refractivity (Wildman–Crippen MR) is 79.6 cm³/mol. The van der Waals surface area contributed by atoms with Crippen molar-refractivity contribution in [2.45, 2.75) is 40.3 Å². The number of nitrogens with zero attached hydrogens (tertiary/aromatic N) is 1. The fourth-order valence-electron chi connectivity index (χ4n) is 2.25. The maximum atomic E-state index is 9.66. The van der Waals surface area contributed by atoms with Crippen molar-refractivity contribution in [2.75, 3.05) is 5.32 Å². The molecule has 102 valence electrons. The third-order valence-corrected chi connectivity index (χ3v) is 3.39. The second-order valence-electron chi connectivity index (χ2n) is 5.00. The molecule has 0 aliphatic heterocycles. The molecular weight excluding hydrogens is 236 g/mol. The van der Waals surface area contributed by atoms with Crippen molar-refractivity contribution in [3.05, 3.63) is 47.3 Å².